The number of amides is 1. The lowest BCUT2D eigenvalue weighted by molar-refractivity contribution is 0.0980. The van der Waals surface area contributed by atoms with E-state index in [2.05, 4.69) is 27.2 Å². The van der Waals surface area contributed by atoms with Gasteiger partial charge in [0, 0.05) is 22.3 Å². The summed E-state index contributed by atoms with van der Waals surface area (Å²) in [5, 5.41) is 6.05. The van der Waals surface area contributed by atoms with Gasteiger partial charge in [-0.3, -0.25) is 14.4 Å². The average molecular weight is 770 g/mol. The average Bonchev–Trinajstić information content (AvgIpc) is 3.54. The van der Waals surface area contributed by atoms with Crippen molar-refractivity contribution >= 4 is 139 Å². The predicted octanol–water partition coefficient (Wildman–Crippen LogP) is 10.5. The van der Waals surface area contributed by atoms with Gasteiger partial charge in [0.25, 0.3) is 5.91 Å². The van der Waals surface area contributed by atoms with Crippen molar-refractivity contribution in [2.45, 2.75) is 0 Å². The summed E-state index contributed by atoms with van der Waals surface area (Å²) in [5.74, 6) is -1.47. The summed E-state index contributed by atoms with van der Waals surface area (Å²) in [7, 11) is 0. The molecule has 7 nitrogen and oxygen atoms in total. The highest BCUT2D eigenvalue weighted by atomic mass is 35.5. The Kier molecular flexibility index (Phi) is 7.70. The molecule has 3 aliphatic rings. The Balaban J connectivity index is 1.29. The maximum atomic E-state index is 14.1. The molecule has 2 aliphatic heterocycles. The van der Waals surface area contributed by atoms with Crippen LogP contribution >= 0.6 is 92.8 Å². The third-order valence-electron chi connectivity index (χ3n) is 7.55. The monoisotopic (exact) mass is 766 g/mol. The number of halogens is 8. The second kappa shape index (κ2) is 11.3. The van der Waals surface area contributed by atoms with Crippen LogP contribution in [0.25, 0.3) is 5.70 Å². The van der Waals surface area contributed by atoms with Gasteiger partial charge in [-0.25, -0.2) is 4.99 Å². The van der Waals surface area contributed by atoms with Crippen molar-refractivity contribution in [2.75, 3.05) is 10.6 Å². The van der Waals surface area contributed by atoms with Crippen molar-refractivity contribution in [3.8, 4) is 0 Å². The highest BCUT2D eigenvalue weighted by molar-refractivity contribution is 6.56. The molecule has 0 fully saturated rings. The Morgan fingerprint density at radius 3 is 1.35 bits per heavy atom. The third-order valence-corrected chi connectivity index (χ3v) is 11.2. The second-order valence-electron chi connectivity index (χ2n) is 10.0. The van der Waals surface area contributed by atoms with Gasteiger partial charge in [0.1, 0.15) is 11.7 Å². The lowest BCUT2D eigenvalue weighted by Crippen LogP contribution is -2.26. The number of rotatable bonds is 2. The third kappa shape index (κ3) is 4.45. The van der Waals surface area contributed by atoms with Gasteiger partial charge in [0.2, 0.25) is 0 Å². The first-order valence-electron chi connectivity index (χ1n) is 12.9. The maximum absolute atomic E-state index is 14.1. The van der Waals surface area contributed by atoms with E-state index < -0.39 is 17.5 Å². The number of carbonyl (C=O) groups excluding carboxylic acids is 3. The number of carbonyl (C=O) groups is 3. The van der Waals surface area contributed by atoms with E-state index in [4.69, 9.17) is 92.8 Å². The highest BCUT2D eigenvalue weighted by Gasteiger charge is 2.37. The first-order chi connectivity index (χ1) is 21.8. The number of hydrogen-bond acceptors (Lipinski definition) is 6. The predicted molar refractivity (Wildman–Crippen MR) is 186 cm³/mol. The SMILES string of the molecule is C=C1N=C(Nc2cccc3c2C(=O)c2cccc(NC4=NC(=O)c5c(Cl)c(Cl)c(Cl)c(Cl)c54)c2C3=O)c2c(Cl)c(Cl)c(Cl)c(Cl)c21. The van der Waals surface area contributed by atoms with Gasteiger partial charge >= 0.3 is 0 Å². The van der Waals surface area contributed by atoms with E-state index in [-0.39, 0.29) is 102 Å². The molecule has 1 amide bonds. The number of hydrogen-bond donors (Lipinski definition) is 2. The van der Waals surface area contributed by atoms with E-state index in [0.29, 0.717) is 11.1 Å². The van der Waals surface area contributed by atoms with Crippen molar-refractivity contribution in [3.63, 3.8) is 0 Å². The zero-order chi connectivity index (χ0) is 32.9. The molecule has 228 valence electrons. The van der Waals surface area contributed by atoms with Crippen molar-refractivity contribution in [1.29, 1.82) is 0 Å². The van der Waals surface area contributed by atoms with Gasteiger partial charge in [0.05, 0.1) is 79.5 Å². The van der Waals surface area contributed by atoms with Crippen LogP contribution in [-0.2, 0) is 0 Å². The second-order valence-corrected chi connectivity index (χ2v) is 13.1. The Labute approximate surface area is 299 Å². The van der Waals surface area contributed by atoms with Crippen LogP contribution in [0.3, 0.4) is 0 Å². The summed E-state index contributed by atoms with van der Waals surface area (Å²) in [6.45, 7) is 3.93. The summed E-state index contributed by atoms with van der Waals surface area (Å²) in [5.41, 5.74) is 1.88. The molecule has 0 aromatic heterocycles. The van der Waals surface area contributed by atoms with Crippen molar-refractivity contribution in [1.82, 2.24) is 0 Å². The van der Waals surface area contributed by atoms with Gasteiger partial charge in [-0.1, -0.05) is 124 Å². The normalized spacial score (nSPS) is 14.5. The van der Waals surface area contributed by atoms with Gasteiger partial charge in [0.15, 0.2) is 11.6 Å². The number of fused-ring (bicyclic) bond motifs is 4. The van der Waals surface area contributed by atoms with E-state index in [1.165, 1.54) is 12.1 Å². The first-order valence-corrected chi connectivity index (χ1v) is 15.9. The molecule has 4 aromatic carbocycles. The van der Waals surface area contributed by atoms with Crippen LogP contribution in [-0.4, -0.2) is 29.1 Å². The molecule has 0 saturated carbocycles. The smallest absolute Gasteiger partial charge is 0.281 e. The Morgan fingerprint density at radius 2 is 0.870 bits per heavy atom. The van der Waals surface area contributed by atoms with E-state index in [0.717, 1.165) is 0 Å². The number of nitrogens with zero attached hydrogens (tertiary/aromatic N) is 2. The Morgan fingerprint density at radius 1 is 0.478 bits per heavy atom. The van der Waals surface area contributed by atoms with Crippen LogP contribution in [0.15, 0.2) is 53.0 Å². The van der Waals surface area contributed by atoms with Crippen molar-refractivity contribution in [2.24, 2.45) is 9.98 Å². The number of amidine groups is 2. The van der Waals surface area contributed by atoms with Crippen molar-refractivity contribution in [3.05, 3.63) is 128 Å². The Bertz CT molecular complexity index is 2120. The molecule has 4 aromatic rings. The standard InChI is InChI=1S/C31H10Cl8N4O3/c1-8-13-16(20(33)24(37)23(36)19(13)32)29(40-8)41-11-6-2-4-9-14(11)27(44)10-5-3-7-12(15(10)28(9)45)42-30-17-18(31(46)43-30)22(35)26(39)25(38)21(17)34/h2-7H,1H2,(H,40,41)(H,42,43,46). The van der Waals surface area contributed by atoms with Crippen LogP contribution in [0.2, 0.25) is 40.2 Å². The number of aliphatic imine (C=N–C) groups is 2. The van der Waals surface area contributed by atoms with Crippen LogP contribution < -0.4 is 10.6 Å². The molecule has 46 heavy (non-hydrogen) atoms. The molecule has 0 spiro atoms. The molecular formula is C31H10Cl8N4O3. The van der Waals surface area contributed by atoms with Gasteiger partial charge in [-0.2, -0.15) is 4.99 Å². The lowest BCUT2D eigenvalue weighted by Gasteiger charge is -2.23. The molecule has 0 radical (unpaired) electrons. The first kappa shape index (κ1) is 31.5. The van der Waals surface area contributed by atoms with Crippen LogP contribution in [0, 0.1) is 0 Å². The van der Waals surface area contributed by atoms with E-state index in [1.807, 2.05) is 0 Å². The molecule has 2 N–H and O–H groups in total. The summed E-state index contributed by atoms with van der Waals surface area (Å²) < 4.78 is 0. The summed E-state index contributed by atoms with van der Waals surface area (Å²) >= 11 is 50.7. The zero-order valence-electron chi connectivity index (χ0n) is 22.3. The fourth-order valence-electron chi connectivity index (χ4n) is 5.53. The minimum absolute atomic E-state index is 0.0206. The van der Waals surface area contributed by atoms with E-state index in [1.54, 1.807) is 24.3 Å². The molecule has 7 rings (SSSR count). The van der Waals surface area contributed by atoms with E-state index in [9.17, 15) is 14.4 Å². The number of ketones is 2. The van der Waals surface area contributed by atoms with Crippen LogP contribution in [0.5, 0.6) is 0 Å². The van der Waals surface area contributed by atoms with Gasteiger partial charge in [-0.05, 0) is 12.1 Å². The fourth-order valence-corrected chi connectivity index (χ4v) is 7.60. The topological polar surface area (TPSA) is 100.0 Å². The molecule has 0 unspecified atom stereocenters. The lowest BCUT2D eigenvalue weighted by atomic mass is 9.82. The molecule has 0 atom stereocenters. The maximum Gasteiger partial charge on any atom is 0.281 e. The quantitative estimate of drug-likeness (QED) is 0.138. The minimum Gasteiger partial charge on any atom is -0.339 e. The van der Waals surface area contributed by atoms with Crippen molar-refractivity contribution < 1.29 is 14.4 Å². The largest absolute Gasteiger partial charge is 0.339 e. The van der Waals surface area contributed by atoms with E-state index >= 15 is 0 Å². The number of nitrogens with one attached hydrogen (secondary N) is 2. The number of anilines is 2. The van der Waals surface area contributed by atoms with Gasteiger partial charge in [-0.15, -0.1) is 0 Å². The molecule has 15 heteroatoms. The summed E-state index contributed by atoms with van der Waals surface area (Å²) in [6.07, 6.45) is 0. The zero-order valence-corrected chi connectivity index (χ0v) is 28.4. The molecular weight excluding hydrogens is 760 g/mol. The van der Waals surface area contributed by atoms with Crippen LogP contribution in [0.4, 0.5) is 11.4 Å². The summed E-state index contributed by atoms with van der Waals surface area (Å²) in [4.78, 5) is 49.4. The molecule has 2 heterocycles. The minimum atomic E-state index is -0.708. The molecule has 0 bridgehead atoms. The van der Waals surface area contributed by atoms with Crippen LogP contribution in [0.1, 0.15) is 58.9 Å². The number of benzene rings is 4. The summed E-state index contributed by atoms with van der Waals surface area (Å²) in [6, 6.07) is 9.39. The highest BCUT2D eigenvalue weighted by Crippen LogP contribution is 2.48. The molecule has 0 saturated heterocycles. The Hall–Kier alpha value is -3.11. The van der Waals surface area contributed by atoms with Gasteiger partial charge < -0.3 is 10.6 Å². The molecule has 1 aliphatic carbocycles. The fraction of sp³-hybridized carbons (Fsp3) is 0.